The molecule has 9 heteroatoms. The minimum Gasteiger partial charge on any atom is -0.466 e. The molecule has 3 N–H and O–H groups in total. The fourth-order valence-electron chi connectivity index (χ4n) is 3.13. The van der Waals surface area contributed by atoms with Crippen molar-refractivity contribution in [2.24, 2.45) is 0 Å². The fraction of sp³-hybridized carbons (Fsp3) is 0.545. The number of nitrogens with one attached hydrogen (secondary N) is 3. The lowest BCUT2D eigenvalue weighted by atomic mass is 10.1. The van der Waals surface area contributed by atoms with Crippen LogP contribution in [0.25, 0.3) is 0 Å². The highest BCUT2D eigenvalue weighted by Crippen LogP contribution is 2.13. The SMILES string of the molecule is CCCCOC(=O)CC1C(=O)NCCN1C(=O)CNc1ccc(C(=O)NC(C)C)cc1. The Morgan fingerprint density at radius 2 is 1.94 bits per heavy atom. The Kier molecular flexibility index (Phi) is 9.30. The number of ether oxygens (including phenoxy) is 1. The smallest absolute Gasteiger partial charge is 0.308 e. The number of piperazine rings is 1. The number of esters is 1. The number of hydrogen-bond donors (Lipinski definition) is 3. The van der Waals surface area contributed by atoms with Crippen LogP contribution in [0, 0.1) is 0 Å². The van der Waals surface area contributed by atoms with Gasteiger partial charge in [0.25, 0.3) is 5.91 Å². The van der Waals surface area contributed by atoms with Gasteiger partial charge in [-0.25, -0.2) is 0 Å². The molecule has 0 radical (unpaired) electrons. The van der Waals surface area contributed by atoms with Gasteiger partial charge in [0.05, 0.1) is 19.6 Å². The Hall–Kier alpha value is -3.10. The first-order valence-electron chi connectivity index (χ1n) is 10.7. The molecule has 0 aliphatic carbocycles. The molecular formula is C22H32N4O5. The van der Waals surface area contributed by atoms with E-state index in [1.807, 2.05) is 20.8 Å². The van der Waals surface area contributed by atoms with Crippen LogP contribution in [0.15, 0.2) is 24.3 Å². The highest BCUT2D eigenvalue weighted by Gasteiger charge is 2.34. The number of unbranched alkanes of at least 4 members (excludes halogenated alkanes) is 1. The number of nitrogens with zero attached hydrogens (tertiary/aromatic N) is 1. The van der Waals surface area contributed by atoms with Crippen molar-refractivity contribution in [3.8, 4) is 0 Å². The summed E-state index contributed by atoms with van der Waals surface area (Å²) < 4.78 is 5.14. The van der Waals surface area contributed by atoms with Crippen LogP contribution in [0.4, 0.5) is 5.69 Å². The Bertz CT molecular complexity index is 779. The van der Waals surface area contributed by atoms with E-state index in [-0.39, 0.29) is 36.7 Å². The van der Waals surface area contributed by atoms with E-state index in [1.165, 1.54) is 4.90 Å². The quantitative estimate of drug-likeness (QED) is 0.379. The molecule has 0 bridgehead atoms. The summed E-state index contributed by atoms with van der Waals surface area (Å²) in [7, 11) is 0. The largest absolute Gasteiger partial charge is 0.466 e. The number of carbonyl (C=O) groups excluding carboxylic acids is 4. The molecule has 31 heavy (non-hydrogen) atoms. The van der Waals surface area contributed by atoms with Crippen molar-refractivity contribution in [2.45, 2.75) is 52.1 Å². The first kappa shape index (κ1) is 24.2. The molecule has 1 heterocycles. The van der Waals surface area contributed by atoms with E-state index in [0.717, 1.165) is 12.8 Å². The van der Waals surface area contributed by atoms with Crippen LogP contribution >= 0.6 is 0 Å². The van der Waals surface area contributed by atoms with Crippen molar-refractivity contribution in [3.05, 3.63) is 29.8 Å². The van der Waals surface area contributed by atoms with Gasteiger partial charge in [-0.3, -0.25) is 19.2 Å². The summed E-state index contributed by atoms with van der Waals surface area (Å²) in [5, 5.41) is 8.52. The third-order valence-electron chi connectivity index (χ3n) is 4.78. The summed E-state index contributed by atoms with van der Waals surface area (Å²) in [6, 6.07) is 5.95. The van der Waals surface area contributed by atoms with E-state index in [2.05, 4.69) is 16.0 Å². The topological polar surface area (TPSA) is 117 Å². The highest BCUT2D eigenvalue weighted by molar-refractivity contribution is 5.95. The second kappa shape index (κ2) is 11.9. The molecule has 1 atom stereocenters. The first-order chi connectivity index (χ1) is 14.8. The molecule has 1 fully saturated rings. The maximum Gasteiger partial charge on any atom is 0.308 e. The zero-order valence-electron chi connectivity index (χ0n) is 18.4. The fourth-order valence-corrected chi connectivity index (χ4v) is 3.13. The molecule has 1 aromatic carbocycles. The lowest BCUT2D eigenvalue weighted by molar-refractivity contribution is -0.151. The summed E-state index contributed by atoms with van der Waals surface area (Å²) in [4.78, 5) is 50.5. The van der Waals surface area contributed by atoms with E-state index < -0.39 is 12.0 Å². The predicted molar refractivity (Wildman–Crippen MR) is 117 cm³/mol. The third kappa shape index (κ3) is 7.58. The van der Waals surface area contributed by atoms with E-state index in [4.69, 9.17) is 4.74 Å². The second-order valence-corrected chi connectivity index (χ2v) is 7.73. The zero-order chi connectivity index (χ0) is 22.8. The van der Waals surface area contributed by atoms with Gasteiger partial charge < -0.3 is 25.6 Å². The maximum absolute atomic E-state index is 12.7. The molecule has 1 saturated heterocycles. The number of amides is 3. The normalized spacial score (nSPS) is 15.9. The van der Waals surface area contributed by atoms with Gasteiger partial charge >= 0.3 is 5.97 Å². The maximum atomic E-state index is 12.7. The lowest BCUT2D eigenvalue weighted by Gasteiger charge is -2.34. The van der Waals surface area contributed by atoms with Gasteiger partial charge in [0.1, 0.15) is 6.04 Å². The number of anilines is 1. The van der Waals surface area contributed by atoms with E-state index in [9.17, 15) is 19.2 Å². The molecule has 0 aromatic heterocycles. The summed E-state index contributed by atoms with van der Waals surface area (Å²) >= 11 is 0. The Labute approximate surface area is 182 Å². The molecule has 0 saturated carbocycles. The van der Waals surface area contributed by atoms with Crippen LogP contribution in [0.2, 0.25) is 0 Å². The van der Waals surface area contributed by atoms with Crippen molar-refractivity contribution in [2.75, 3.05) is 31.6 Å². The molecule has 170 valence electrons. The molecule has 9 nitrogen and oxygen atoms in total. The Balaban J connectivity index is 1.92. The van der Waals surface area contributed by atoms with E-state index >= 15 is 0 Å². The van der Waals surface area contributed by atoms with E-state index in [1.54, 1.807) is 24.3 Å². The molecule has 3 amide bonds. The third-order valence-corrected chi connectivity index (χ3v) is 4.78. The monoisotopic (exact) mass is 432 g/mol. The van der Waals surface area contributed by atoms with Gasteiger partial charge in [0.15, 0.2) is 0 Å². The summed E-state index contributed by atoms with van der Waals surface area (Å²) in [5.74, 6) is -1.29. The molecule has 1 aliphatic heterocycles. The summed E-state index contributed by atoms with van der Waals surface area (Å²) in [6.07, 6.45) is 1.49. The number of rotatable bonds is 10. The zero-order valence-corrected chi connectivity index (χ0v) is 18.4. The van der Waals surface area contributed by atoms with Crippen LogP contribution in [0.3, 0.4) is 0 Å². The van der Waals surface area contributed by atoms with Crippen LogP contribution in [0.5, 0.6) is 0 Å². The Morgan fingerprint density at radius 1 is 1.23 bits per heavy atom. The first-order valence-corrected chi connectivity index (χ1v) is 10.7. The Morgan fingerprint density at radius 3 is 2.58 bits per heavy atom. The van der Waals surface area contributed by atoms with Crippen LogP contribution < -0.4 is 16.0 Å². The van der Waals surface area contributed by atoms with Crippen LogP contribution in [0.1, 0.15) is 50.4 Å². The van der Waals surface area contributed by atoms with Gasteiger partial charge in [0, 0.05) is 30.4 Å². The standard InChI is InChI=1S/C22H32N4O5/c1-4-5-12-31-20(28)13-18-22(30)23-10-11-26(18)19(27)14-24-17-8-6-16(7-9-17)21(29)25-15(2)3/h6-9,15,18,24H,4-5,10-14H2,1-3H3,(H,23,30)(H,25,29). The minimum atomic E-state index is -0.876. The van der Waals surface area contributed by atoms with E-state index in [0.29, 0.717) is 30.9 Å². The van der Waals surface area contributed by atoms with Crippen molar-refractivity contribution >= 4 is 29.4 Å². The van der Waals surface area contributed by atoms with Gasteiger partial charge in [-0.05, 0) is 44.5 Å². The second-order valence-electron chi connectivity index (χ2n) is 7.73. The van der Waals surface area contributed by atoms with Gasteiger partial charge in [-0.2, -0.15) is 0 Å². The molecule has 1 aromatic rings. The molecule has 0 spiro atoms. The van der Waals surface area contributed by atoms with Crippen molar-refractivity contribution in [3.63, 3.8) is 0 Å². The van der Waals surface area contributed by atoms with Crippen molar-refractivity contribution < 1.29 is 23.9 Å². The number of benzene rings is 1. The summed E-state index contributed by atoms with van der Waals surface area (Å²) in [5.41, 5.74) is 1.20. The predicted octanol–water partition coefficient (Wildman–Crippen LogP) is 1.30. The van der Waals surface area contributed by atoms with Crippen LogP contribution in [-0.4, -0.2) is 66.9 Å². The average molecular weight is 433 g/mol. The van der Waals surface area contributed by atoms with Crippen LogP contribution in [-0.2, 0) is 19.1 Å². The summed E-state index contributed by atoms with van der Waals surface area (Å²) in [6.45, 7) is 6.70. The van der Waals surface area contributed by atoms with Crippen molar-refractivity contribution in [1.82, 2.24) is 15.5 Å². The van der Waals surface area contributed by atoms with Crippen molar-refractivity contribution in [1.29, 1.82) is 0 Å². The van der Waals surface area contributed by atoms with Gasteiger partial charge in [-0.15, -0.1) is 0 Å². The average Bonchev–Trinajstić information content (AvgIpc) is 2.73. The molecular weight excluding hydrogens is 400 g/mol. The molecule has 2 rings (SSSR count). The van der Waals surface area contributed by atoms with Gasteiger partial charge in [0.2, 0.25) is 11.8 Å². The lowest BCUT2D eigenvalue weighted by Crippen LogP contribution is -2.58. The van der Waals surface area contributed by atoms with Gasteiger partial charge in [-0.1, -0.05) is 13.3 Å². The number of hydrogen-bond acceptors (Lipinski definition) is 6. The molecule has 1 unspecified atom stereocenters. The minimum absolute atomic E-state index is 0.0355. The highest BCUT2D eigenvalue weighted by atomic mass is 16.5. The number of carbonyl (C=O) groups is 4. The molecule has 1 aliphatic rings.